The number of esters is 1. The molecule has 1 heterocycles. The standard InChI is InChI=1S/C7H5F3O5S2/c1-14-6(11)5-4(2-3-16-5)15-17(12,13)7(8,9)10/h2-3H,1H3. The van der Waals surface area contributed by atoms with Gasteiger partial charge in [0.05, 0.1) is 7.11 Å². The molecule has 5 nitrogen and oxygen atoms in total. The van der Waals surface area contributed by atoms with Gasteiger partial charge in [0.2, 0.25) is 0 Å². The lowest BCUT2D eigenvalue weighted by atomic mass is 10.4. The zero-order chi connectivity index (χ0) is 13.3. The maximum Gasteiger partial charge on any atom is 0.534 e. The van der Waals surface area contributed by atoms with Crippen molar-refractivity contribution in [1.82, 2.24) is 0 Å². The summed E-state index contributed by atoms with van der Waals surface area (Å²) in [4.78, 5) is 10.7. The van der Waals surface area contributed by atoms with E-state index in [0.717, 1.165) is 13.2 Å². The normalized spacial score (nSPS) is 12.2. The number of ether oxygens (including phenoxy) is 1. The fraction of sp³-hybridized carbons (Fsp3) is 0.286. The molecule has 0 atom stereocenters. The second kappa shape index (κ2) is 4.53. The molecule has 1 aromatic heterocycles. The molecule has 0 unspecified atom stereocenters. The Morgan fingerprint density at radius 1 is 1.41 bits per heavy atom. The van der Waals surface area contributed by atoms with E-state index in [0.29, 0.717) is 11.3 Å². The van der Waals surface area contributed by atoms with Crippen molar-refractivity contribution in [2.75, 3.05) is 7.11 Å². The molecule has 0 fully saturated rings. The van der Waals surface area contributed by atoms with Gasteiger partial charge in [0, 0.05) is 0 Å². The molecule has 1 rings (SSSR count). The van der Waals surface area contributed by atoms with E-state index < -0.39 is 27.3 Å². The second-order valence-electron chi connectivity index (χ2n) is 2.59. The van der Waals surface area contributed by atoms with Crippen LogP contribution in [0.3, 0.4) is 0 Å². The molecule has 0 saturated carbocycles. The molecule has 0 amide bonds. The number of halogens is 3. The van der Waals surface area contributed by atoms with E-state index >= 15 is 0 Å². The topological polar surface area (TPSA) is 69.7 Å². The van der Waals surface area contributed by atoms with E-state index in [-0.39, 0.29) is 4.88 Å². The molecular formula is C7H5F3O5S2. The molecule has 17 heavy (non-hydrogen) atoms. The molecule has 0 radical (unpaired) electrons. The van der Waals surface area contributed by atoms with Crippen molar-refractivity contribution in [3.63, 3.8) is 0 Å². The molecule has 0 spiro atoms. The minimum absolute atomic E-state index is 0.361. The third-order valence-corrected chi connectivity index (χ3v) is 3.32. The van der Waals surface area contributed by atoms with Crippen LogP contribution in [-0.2, 0) is 14.9 Å². The third-order valence-electron chi connectivity index (χ3n) is 1.48. The Morgan fingerprint density at radius 3 is 2.47 bits per heavy atom. The molecule has 0 aliphatic carbocycles. The van der Waals surface area contributed by atoms with Crippen LogP contribution in [0.2, 0.25) is 0 Å². The Bertz CT molecular complexity index is 516. The van der Waals surface area contributed by atoms with Gasteiger partial charge < -0.3 is 8.92 Å². The predicted molar refractivity (Wildman–Crippen MR) is 51.3 cm³/mol. The van der Waals surface area contributed by atoms with Gasteiger partial charge in [0.25, 0.3) is 0 Å². The number of hydrogen-bond acceptors (Lipinski definition) is 6. The molecule has 96 valence electrons. The maximum atomic E-state index is 12.0. The van der Waals surface area contributed by atoms with Gasteiger partial charge >= 0.3 is 21.6 Å². The first kappa shape index (κ1) is 13.8. The maximum absolute atomic E-state index is 12.0. The third kappa shape index (κ3) is 2.88. The van der Waals surface area contributed by atoms with Crippen LogP contribution in [0.25, 0.3) is 0 Å². The lowest BCUT2D eigenvalue weighted by Gasteiger charge is -2.08. The fourth-order valence-corrected chi connectivity index (χ4v) is 2.03. The zero-order valence-electron chi connectivity index (χ0n) is 8.15. The van der Waals surface area contributed by atoms with Gasteiger partial charge in [-0.15, -0.1) is 11.3 Å². The highest BCUT2D eigenvalue weighted by Gasteiger charge is 2.49. The van der Waals surface area contributed by atoms with Gasteiger partial charge in [0.1, 0.15) is 0 Å². The van der Waals surface area contributed by atoms with Gasteiger partial charge in [-0.05, 0) is 11.4 Å². The van der Waals surface area contributed by atoms with E-state index in [4.69, 9.17) is 0 Å². The fourth-order valence-electron chi connectivity index (χ4n) is 0.770. The minimum atomic E-state index is -5.79. The first-order valence-electron chi connectivity index (χ1n) is 3.85. The molecule has 10 heteroatoms. The highest BCUT2D eigenvalue weighted by atomic mass is 32.2. The van der Waals surface area contributed by atoms with Gasteiger partial charge in [-0.1, -0.05) is 0 Å². The lowest BCUT2D eigenvalue weighted by molar-refractivity contribution is -0.0500. The number of carbonyl (C=O) groups excluding carboxylic acids is 1. The smallest absolute Gasteiger partial charge is 0.465 e. The Kier molecular flexibility index (Phi) is 3.67. The van der Waals surface area contributed by atoms with Gasteiger partial charge in [0.15, 0.2) is 10.6 Å². The van der Waals surface area contributed by atoms with E-state index in [1.165, 1.54) is 5.38 Å². The van der Waals surface area contributed by atoms with Crippen molar-refractivity contribution < 1.29 is 35.3 Å². The minimum Gasteiger partial charge on any atom is -0.465 e. The van der Waals surface area contributed by atoms with E-state index in [9.17, 15) is 26.4 Å². The molecular weight excluding hydrogens is 285 g/mol. The zero-order valence-corrected chi connectivity index (χ0v) is 9.78. The first-order valence-corrected chi connectivity index (χ1v) is 6.14. The van der Waals surface area contributed by atoms with E-state index in [2.05, 4.69) is 8.92 Å². The SMILES string of the molecule is COC(=O)c1sccc1OS(=O)(=O)C(F)(F)F. The molecule has 0 saturated heterocycles. The molecule has 0 aromatic carbocycles. The molecule has 0 aliphatic rings. The number of thiophene rings is 1. The number of rotatable bonds is 3. The van der Waals surface area contributed by atoms with Crippen LogP contribution in [0.5, 0.6) is 5.75 Å². The Labute approximate surface area is 97.9 Å². The summed E-state index contributed by atoms with van der Waals surface area (Å²) in [7, 11) is -4.78. The average molecular weight is 290 g/mol. The summed E-state index contributed by atoms with van der Waals surface area (Å²) in [6.07, 6.45) is 0. The summed E-state index contributed by atoms with van der Waals surface area (Å²) in [5.41, 5.74) is -5.55. The Hall–Kier alpha value is -1.29. The van der Waals surface area contributed by atoms with Crippen molar-refractivity contribution in [3.8, 4) is 5.75 Å². The summed E-state index contributed by atoms with van der Waals surface area (Å²) < 4.78 is 65.5. The van der Waals surface area contributed by atoms with Gasteiger partial charge in [-0.25, -0.2) is 4.79 Å². The van der Waals surface area contributed by atoms with Crippen molar-refractivity contribution in [1.29, 1.82) is 0 Å². The van der Waals surface area contributed by atoms with Crippen molar-refractivity contribution >= 4 is 27.4 Å². The van der Waals surface area contributed by atoms with E-state index in [1.54, 1.807) is 0 Å². The van der Waals surface area contributed by atoms with Gasteiger partial charge in [-0.2, -0.15) is 21.6 Å². The quantitative estimate of drug-likeness (QED) is 0.482. The summed E-state index contributed by atoms with van der Waals surface area (Å²) in [5, 5.41) is 1.20. The second-order valence-corrected chi connectivity index (χ2v) is 5.04. The molecule has 0 bridgehead atoms. The number of carbonyl (C=O) groups is 1. The highest BCUT2D eigenvalue weighted by Crippen LogP contribution is 2.31. The number of methoxy groups -OCH3 is 1. The lowest BCUT2D eigenvalue weighted by Crippen LogP contribution is -2.28. The van der Waals surface area contributed by atoms with Crippen LogP contribution in [0.1, 0.15) is 9.67 Å². The largest absolute Gasteiger partial charge is 0.534 e. The van der Waals surface area contributed by atoms with Crippen LogP contribution in [-0.4, -0.2) is 27.0 Å². The van der Waals surface area contributed by atoms with E-state index in [1.807, 2.05) is 0 Å². The van der Waals surface area contributed by atoms with Crippen LogP contribution < -0.4 is 4.18 Å². The van der Waals surface area contributed by atoms with Crippen LogP contribution in [0, 0.1) is 0 Å². The van der Waals surface area contributed by atoms with Crippen LogP contribution >= 0.6 is 11.3 Å². The highest BCUT2D eigenvalue weighted by molar-refractivity contribution is 7.88. The van der Waals surface area contributed by atoms with Crippen molar-refractivity contribution in [3.05, 3.63) is 16.3 Å². The summed E-state index contributed by atoms with van der Waals surface area (Å²) >= 11 is 0.702. The predicted octanol–water partition coefficient (Wildman–Crippen LogP) is 1.76. The molecule has 1 aromatic rings. The monoisotopic (exact) mass is 290 g/mol. The molecule has 0 aliphatic heterocycles. The van der Waals surface area contributed by atoms with Crippen molar-refractivity contribution in [2.24, 2.45) is 0 Å². The summed E-state index contributed by atoms with van der Waals surface area (Å²) in [6, 6.07) is 0.931. The van der Waals surface area contributed by atoms with Crippen LogP contribution in [0.15, 0.2) is 11.4 Å². The number of alkyl halides is 3. The van der Waals surface area contributed by atoms with Crippen molar-refractivity contribution in [2.45, 2.75) is 5.51 Å². The molecule has 0 N–H and O–H groups in total. The summed E-state index contributed by atoms with van der Waals surface area (Å²) in [6.45, 7) is 0. The number of hydrogen-bond donors (Lipinski definition) is 0. The summed E-state index contributed by atoms with van der Waals surface area (Å²) in [5.74, 6) is -1.69. The van der Waals surface area contributed by atoms with Gasteiger partial charge in [-0.3, -0.25) is 0 Å². The Balaban J connectivity index is 3.06. The van der Waals surface area contributed by atoms with Crippen LogP contribution in [0.4, 0.5) is 13.2 Å². The average Bonchev–Trinajstić information content (AvgIpc) is 2.62. The first-order chi connectivity index (χ1) is 7.69. The Morgan fingerprint density at radius 2 is 2.00 bits per heavy atom.